The van der Waals surface area contributed by atoms with E-state index in [4.69, 9.17) is 4.42 Å². The number of aromatic nitrogens is 1. The van der Waals surface area contributed by atoms with E-state index >= 15 is 0 Å². The first-order chi connectivity index (χ1) is 6.76. The van der Waals surface area contributed by atoms with Crippen LogP contribution >= 0.6 is 0 Å². The van der Waals surface area contributed by atoms with Crippen LogP contribution < -0.4 is 10.8 Å². The van der Waals surface area contributed by atoms with Gasteiger partial charge >= 0.3 is 0 Å². The van der Waals surface area contributed by atoms with Gasteiger partial charge in [0.05, 0.1) is 0 Å². The first-order valence-corrected chi connectivity index (χ1v) is 4.65. The molecule has 0 aromatic carbocycles. The lowest BCUT2D eigenvalue weighted by molar-refractivity contribution is 0.511. The Morgan fingerprint density at radius 2 is 2.00 bits per heavy atom. The van der Waals surface area contributed by atoms with Crippen LogP contribution in [0.3, 0.4) is 0 Å². The third kappa shape index (κ3) is 1.84. The van der Waals surface area contributed by atoms with Gasteiger partial charge in [-0.05, 0) is 26.8 Å². The summed E-state index contributed by atoms with van der Waals surface area (Å²) >= 11 is 0. The first kappa shape index (κ1) is 10.5. The molecule has 2 heteroatoms. The third-order valence-corrected chi connectivity index (χ3v) is 1.99. The molecule has 74 valence electrons. The number of rotatable bonds is 2. The van der Waals surface area contributed by atoms with E-state index in [0.717, 1.165) is 16.3 Å². The molecule has 1 aromatic heterocycles. The summed E-state index contributed by atoms with van der Waals surface area (Å²) in [6.07, 6.45) is 7.50. The van der Waals surface area contributed by atoms with Gasteiger partial charge in [-0.25, -0.2) is 4.98 Å². The van der Waals surface area contributed by atoms with Gasteiger partial charge in [-0.3, -0.25) is 0 Å². The Morgan fingerprint density at radius 3 is 2.36 bits per heavy atom. The van der Waals surface area contributed by atoms with Crippen LogP contribution in [0.5, 0.6) is 0 Å². The highest BCUT2D eigenvalue weighted by Crippen LogP contribution is 2.08. The lowest BCUT2D eigenvalue weighted by Crippen LogP contribution is -2.20. The van der Waals surface area contributed by atoms with Crippen LogP contribution in [0.15, 0.2) is 23.1 Å². The molecular formula is C12H15NO. The van der Waals surface area contributed by atoms with Crippen LogP contribution in [-0.4, -0.2) is 4.98 Å². The maximum absolute atomic E-state index is 5.56. The summed E-state index contributed by atoms with van der Waals surface area (Å²) in [5, 5.41) is 0.878. The fourth-order valence-corrected chi connectivity index (χ4v) is 1.21. The van der Waals surface area contributed by atoms with Crippen molar-refractivity contribution in [3.63, 3.8) is 0 Å². The monoisotopic (exact) mass is 189 g/mol. The SMILES string of the molecule is C=C/C(=C\C)c1nc(=C/C)/c(=C\C)o1. The molecule has 0 radical (unpaired) electrons. The molecule has 0 aliphatic rings. The average Bonchev–Trinajstić information content (AvgIpc) is 2.63. The van der Waals surface area contributed by atoms with E-state index in [1.54, 1.807) is 6.08 Å². The van der Waals surface area contributed by atoms with Crippen molar-refractivity contribution in [2.75, 3.05) is 0 Å². The van der Waals surface area contributed by atoms with E-state index in [9.17, 15) is 0 Å². The molecule has 1 heterocycles. The Bertz CT molecular complexity index is 432. The van der Waals surface area contributed by atoms with Crippen molar-refractivity contribution in [3.05, 3.63) is 35.4 Å². The van der Waals surface area contributed by atoms with Gasteiger partial charge in [0.2, 0.25) is 5.89 Å². The maximum atomic E-state index is 5.56. The van der Waals surface area contributed by atoms with E-state index in [0.29, 0.717) is 5.89 Å². The molecule has 1 rings (SSSR count). The smallest absolute Gasteiger partial charge is 0.226 e. The minimum atomic E-state index is 0.628. The van der Waals surface area contributed by atoms with Gasteiger partial charge in [0, 0.05) is 5.57 Å². The molecule has 0 unspecified atom stereocenters. The summed E-state index contributed by atoms with van der Waals surface area (Å²) < 4.78 is 5.56. The lowest BCUT2D eigenvalue weighted by Gasteiger charge is -1.90. The van der Waals surface area contributed by atoms with Crippen molar-refractivity contribution >= 4 is 17.7 Å². The van der Waals surface area contributed by atoms with Gasteiger partial charge < -0.3 is 4.42 Å². The van der Waals surface area contributed by atoms with Crippen molar-refractivity contribution in [1.82, 2.24) is 4.98 Å². The number of oxazole rings is 1. The molecular weight excluding hydrogens is 174 g/mol. The summed E-state index contributed by atoms with van der Waals surface area (Å²) in [5.41, 5.74) is 1.73. The number of allylic oxidation sites excluding steroid dienone is 3. The second-order valence-electron chi connectivity index (χ2n) is 2.79. The molecule has 0 aliphatic carbocycles. The van der Waals surface area contributed by atoms with Gasteiger partial charge in [0.25, 0.3) is 0 Å². The van der Waals surface area contributed by atoms with E-state index < -0.39 is 0 Å². The van der Waals surface area contributed by atoms with Gasteiger partial charge in [-0.1, -0.05) is 24.8 Å². The maximum Gasteiger partial charge on any atom is 0.226 e. The van der Waals surface area contributed by atoms with Crippen molar-refractivity contribution in [1.29, 1.82) is 0 Å². The first-order valence-electron chi connectivity index (χ1n) is 4.65. The topological polar surface area (TPSA) is 26.0 Å². The van der Waals surface area contributed by atoms with E-state index in [1.807, 2.05) is 39.0 Å². The van der Waals surface area contributed by atoms with Crippen molar-refractivity contribution < 1.29 is 4.42 Å². The van der Waals surface area contributed by atoms with Gasteiger partial charge in [-0.15, -0.1) is 0 Å². The predicted molar refractivity (Wildman–Crippen MR) is 59.9 cm³/mol. The van der Waals surface area contributed by atoms with Crippen LogP contribution in [0.1, 0.15) is 26.7 Å². The standard InChI is InChI=1S/C12H15NO/c1-5-9(6-2)12-13-10(7-3)11(8-4)14-12/h5-8H,1H2,2-4H3/b9-6+,10-7+,11-8+. The molecule has 0 fully saturated rings. The number of hydrogen-bond donors (Lipinski definition) is 0. The van der Waals surface area contributed by atoms with Crippen molar-refractivity contribution in [3.8, 4) is 0 Å². The molecule has 0 atom stereocenters. The van der Waals surface area contributed by atoms with Gasteiger partial charge in [-0.2, -0.15) is 0 Å². The number of nitrogens with zero attached hydrogens (tertiary/aromatic N) is 1. The van der Waals surface area contributed by atoms with Crippen LogP contribution in [0.2, 0.25) is 0 Å². The van der Waals surface area contributed by atoms with Crippen molar-refractivity contribution in [2.24, 2.45) is 0 Å². The Kier molecular flexibility index (Phi) is 3.46. The Labute approximate surface area is 84.0 Å². The fraction of sp³-hybridized carbons (Fsp3) is 0.250. The van der Waals surface area contributed by atoms with Gasteiger partial charge in [0.1, 0.15) is 5.35 Å². The highest BCUT2D eigenvalue weighted by molar-refractivity contribution is 5.67. The van der Waals surface area contributed by atoms with E-state index in [2.05, 4.69) is 11.6 Å². The summed E-state index contributed by atoms with van der Waals surface area (Å²) in [7, 11) is 0. The zero-order valence-electron chi connectivity index (χ0n) is 8.87. The molecule has 0 saturated carbocycles. The molecule has 1 aromatic rings. The molecule has 14 heavy (non-hydrogen) atoms. The summed E-state index contributed by atoms with van der Waals surface area (Å²) in [6.45, 7) is 9.52. The zero-order chi connectivity index (χ0) is 10.6. The molecule has 0 saturated heterocycles. The quantitative estimate of drug-likeness (QED) is 0.664. The second-order valence-corrected chi connectivity index (χ2v) is 2.79. The highest BCUT2D eigenvalue weighted by Gasteiger charge is 2.03. The molecule has 2 nitrogen and oxygen atoms in total. The predicted octanol–water partition coefficient (Wildman–Crippen LogP) is 1.86. The van der Waals surface area contributed by atoms with Crippen LogP contribution in [0.4, 0.5) is 0 Å². The average molecular weight is 189 g/mol. The third-order valence-electron chi connectivity index (χ3n) is 1.99. The van der Waals surface area contributed by atoms with Crippen LogP contribution in [0.25, 0.3) is 17.7 Å². The molecule has 0 aliphatic heterocycles. The Morgan fingerprint density at radius 1 is 1.29 bits per heavy atom. The second kappa shape index (κ2) is 4.61. The minimum absolute atomic E-state index is 0.628. The zero-order valence-corrected chi connectivity index (χ0v) is 8.87. The lowest BCUT2D eigenvalue weighted by atomic mass is 10.2. The molecule has 0 amide bonds. The minimum Gasteiger partial charge on any atom is -0.436 e. The Hall–Kier alpha value is -1.57. The Balaban J connectivity index is 3.42. The van der Waals surface area contributed by atoms with Crippen molar-refractivity contribution in [2.45, 2.75) is 20.8 Å². The van der Waals surface area contributed by atoms with E-state index in [-0.39, 0.29) is 0 Å². The largest absolute Gasteiger partial charge is 0.436 e. The van der Waals surface area contributed by atoms with Gasteiger partial charge in [0.15, 0.2) is 5.42 Å². The van der Waals surface area contributed by atoms with Crippen LogP contribution in [-0.2, 0) is 0 Å². The van der Waals surface area contributed by atoms with Crippen LogP contribution in [0, 0.1) is 0 Å². The number of hydrogen-bond acceptors (Lipinski definition) is 2. The molecule has 0 spiro atoms. The summed E-state index contributed by atoms with van der Waals surface area (Å²) in [4.78, 5) is 4.35. The highest BCUT2D eigenvalue weighted by atomic mass is 16.3. The molecule has 0 N–H and O–H groups in total. The summed E-state index contributed by atoms with van der Waals surface area (Å²) in [6, 6.07) is 0. The van der Waals surface area contributed by atoms with E-state index in [1.165, 1.54) is 0 Å². The molecule has 0 bridgehead atoms. The fourth-order valence-electron chi connectivity index (χ4n) is 1.21. The normalized spacial score (nSPS) is 14.9. The summed E-state index contributed by atoms with van der Waals surface area (Å²) in [5.74, 6) is 0.628.